The van der Waals surface area contributed by atoms with Gasteiger partial charge in [0.1, 0.15) is 0 Å². The van der Waals surface area contributed by atoms with E-state index in [2.05, 4.69) is 10.3 Å². The number of hydrogen-bond acceptors (Lipinski definition) is 3. The molecule has 0 radical (unpaired) electrons. The summed E-state index contributed by atoms with van der Waals surface area (Å²) in [5, 5.41) is 5.76. The molecule has 0 aliphatic carbocycles. The van der Waals surface area contributed by atoms with Gasteiger partial charge in [0.15, 0.2) is 0 Å². The first-order chi connectivity index (χ1) is 11.0. The number of H-pyrrole nitrogens is 1. The highest BCUT2D eigenvalue weighted by Gasteiger charge is 2.07. The predicted octanol–water partition coefficient (Wildman–Crippen LogP) is 3.94. The van der Waals surface area contributed by atoms with Crippen molar-refractivity contribution < 1.29 is 4.79 Å². The fourth-order valence-electron chi connectivity index (χ4n) is 2.27. The van der Waals surface area contributed by atoms with Crippen LogP contribution in [0.1, 0.15) is 17.4 Å². The van der Waals surface area contributed by atoms with E-state index in [4.69, 9.17) is 0 Å². The van der Waals surface area contributed by atoms with Gasteiger partial charge in [0.25, 0.3) is 11.5 Å². The summed E-state index contributed by atoms with van der Waals surface area (Å²) in [5.41, 5.74) is 2.54. The van der Waals surface area contributed by atoms with E-state index in [9.17, 15) is 9.59 Å². The van der Waals surface area contributed by atoms with Crippen LogP contribution in [-0.4, -0.2) is 10.9 Å². The average molecular weight is 324 g/mol. The normalized spacial score (nSPS) is 11.7. The number of carbonyl (C=O) groups is 1. The van der Waals surface area contributed by atoms with Gasteiger partial charge in [0.2, 0.25) is 0 Å². The lowest BCUT2D eigenvalue weighted by molar-refractivity contribution is -0.112. The lowest BCUT2D eigenvalue weighted by Crippen LogP contribution is -2.13. The van der Waals surface area contributed by atoms with Crippen LogP contribution in [0.15, 0.2) is 52.1 Å². The Morgan fingerprint density at radius 1 is 1.26 bits per heavy atom. The minimum absolute atomic E-state index is 0.116. The van der Waals surface area contributed by atoms with Crippen molar-refractivity contribution in [3.05, 3.63) is 68.1 Å². The second-order valence-corrected chi connectivity index (χ2v) is 6.36. The van der Waals surface area contributed by atoms with E-state index in [1.165, 1.54) is 0 Å². The number of aryl methyl sites for hydroxylation is 1. The van der Waals surface area contributed by atoms with Gasteiger partial charge in [-0.3, -0.25) is 9.59 Å². The van der Waals surface area contributed by atoms with Gasteiger partial charge >= 0.3 is 0 Å². The molecule has 23 heavy (non-hydrogen) atoms. The molecule has 3 rings (SSSR count). The highest BCUT2D eigenvalue weighted by Crippen LogP contribution is 2.18. The SMILES string of the molecule is C/C(=C\c1cccs1)C(=O)Nc1ccc2cc(C)c(=O)[nH]c2c1. The van der Waals surface area contributed by atoms with Gasteiger partial charge in [0.05, 0.1) is 5.52 Å². The molecule has 0 unspecified atom stereocenters. The molecule has 0 saturated heterocycles. The zero-order valence-electron chi connectivity index (χ0n) is 12.8. The van der Waals surface area contributed by atoms with Crippen LogP contribution in [0, 0.1) is 6.92 Å². The Bertz CT molecular complexity index is 953. The zero-order chi connectivity index (χ0) is 16.4. The lowest BCUT2D eigenvalue weighted by Gasteiger charge is -2.07. The quantitative estimate of drug-likeness (QED) is 0.717. The van der Waals surface area contributed by atoms with Gasteiger partial charge in [-0.2, -0.15) is 0 Å². The monoisotopic (exact) mass is 324 g/mol. The van der Waals surface area contributed by atoms with E-state index in [0.717, 1.165) is 10.3 Å². The molecule has 0 bridgehead atoms. The summed E-state index contributed by atoms with van der Waals surface area (Å²) < 4.78 is 0. The molecule has 5 heteroatoms. The van der Waals surface area contributed by atoms with Crippen LogP contribution in [0.25, 0.3) is 17.0 Å². The van der Waals surface area contributed by atoms with Gasteiger partial charge in [-0.25, -0.2) is 0 Å². The standard InChI is InChI=1S/C18H16N2O2S/c1-11-8-13-5-6-14(10-16(13)20-18(11)22)19-17(21)12(2)9-15-4-3-7-23-15/h3-10H,1-2H3,(H,19,21)(H,20,22)/b12-9+. The van der Waals surface area contributed by atoms with Crippen molar-refractivity contribution in [2.24, 2.45) is 0 Å². The number of rotatable bonds is 3. The largest absolute Gasteiger partial charge is 0.322 e. The Kier molecular flexibility index (Phi) is 4.12. The number of nitrogens with one attached hydrogen (secondary N) is 2. The highest BCUT2D eigenvalue weighted by atomic mass is 32.1. The number of hydrogen-bond donors (Lipinski definition) is 2. The fourth-order valence-corrected chi connectivity index (χ4v) is 2.99. The molecule has 2 heterocycles. The molecule has 2 aromatic heterocycles. The van der Waals surface area contributed by atoms with Crippen LogP contribution in [-0.2, 0) is 4.79 Å². The van der Waals surface area contributed by atoms with Crippen molar-refractivity contribution >= 4 is 39.9 Å². The van der Waals surface area contributed by atoms with Gasteiger partial charge < -0.3 is 10.3 Å². The number of thiophene rings is 1. The van der Waals surface area contributed by atoms with Crippen LogP contribution in [0.5, 0.6) is 0 Å². The first-order valence-electron chi connectivity index (χ1n) is 7.20. The second-order valence-electron chi connectivity index (χ2n) is 5.38. The number of anilines is 1. The minimum Gasteiger partial charge on any atom is -0.322 e. The first-order valence-corrected chi connectivity index (χ1v) is 8.08. The Hall–Kier alpha value is -2.66. The Morgan fingerprint density at radius 2 is 2.09 bits per heavy atom. The molecule has 116 valence electrons. The maximum Gasteiger partial charge on any atom is 0.251 e. The summed E-state index contributed by atoms with van der Waals surface area (Å²) in [5.74, 6) is -0.160. The number of amides is 1. The summed E-state index contributed by atoms with van der Waals surface area (Å²) >= 11 is 1.58. The summed E-state index contributed by atoms with van der Waals surface area (Å²) in [7, 11) is 0. The number of benzene rings is 1. The van der Waals surface area contributed by atoms with E-state index in [-0.39, 0.29) is 11.5 Å². The van der Waals surface area contributed by atoms with Gasteiger partial charge in [-0.15, -0.1) is 11.3 Å². The molecule has 3 aromatic rings. The van der Waals surface area contributed by atoms with E-state index >= 15 is 0 Å². The summed E-state index contributed by atoms with van der Waals surface area (Å²) in [4.78, 5) is 27.8. The smallest absolute Gasteiger partial charge is 0.251 e. The van der Waals surface area contributed by atoms with Crippen LogP contribution in [0.2, 0.25) is 0 Å². The van der Waals surface area contributed by atoms with Gasteiger partial charge in [-0.05, 0) is 55.0 Å². The van der Waals surface area contributed by atoms with E-state index in [0.29, 0.717) is 22.3 Å². The van der Waals surface area contributed by atoms with Crippen LogP contribution >= 0.6 is 11.3 Å². The highest BCUT2D eigenvalue weighted by molar-refractivity contribution is 7.10. The van der Waals surface area contributed by atoms with Crippen molar-refractivity contribution in [1.29, 1.82) is 0 Å². The number of aromatic amines is 1. The predicted molar refractivity (Wildman–Crippen MR) is 95.9 cm³/mol. The maximum atomic E-state index is 12.2. The third-order valence-electron chi connectivity index (χ3n) is 3.55. The Balaban J connectivity index is 1.85. The van der Waals surface area contributed by atoms with Crippen LogP contribution in [0.3, 0.4) is 0 Å². The fraction of sp³-hybridized carbons (Fsp3) is 0.111. The van der Waals surface area contributed by atoms with Crippen molar-refractivity contribution in [1.82, 2.24) is 4.98 Å². The maximum absolute atomic E-state index is 12.2. The first kappa shape index (κ1) is 15.2. The molecule has 0 saturated carbocycles. The van der Waals surface area contributed by atoms with E-state index < -0.39 is 0 Å². The molecule has 1 amide bonds. The Morgan fingerprint density at radius 3 is 2.83 bits per heavy atom. The van der Waals surface area contributed by atoms with Gasteiger partial charge in [-0.1, -0.05) is 12.1 Å². The number of pyridine rings is 1. The number of aromatic nitrogens is 1. The Labute approximate surface area is 137 Å². The summed E-state index contributed by atoms with van der Waals surface area (Å²) in [6, 6.07) is 11.2. The van der Waals surface area contributed by atoms with E-state index in [1.807, 2.05) is 41.8 Å². The zero-order valence-corrected chi connectivity index (χ0v) is 13.7. The molecule has 0 fully saturated rings. The molecule has 0 atom stereocenters. The molecular weight excluding hydrogens is 308 g/mol. The molecule has 0 spiro atoms. The number of carbonyl (C=O) groups excluding carboxylic acids is 1. The van der Waals surface area contributed by atoms with Crippen molar-refractivity contribution in [3.8, 4) is 0 Å². The van der Waals surface area contributed by atoms with Crippen molar-refractivity contribution in [2.75, 3.05) is 5.32 Å². The van der Waals surface area contributed by atoms with Crippen molar-refractivity contribution in [3.63, 3.8) is 0 Å². The van der Waals surface area contributed by atoms with E-state index in [1.54, 1.807) is 31.3 Å². The average Bonchev–Trinajstić information content (AvgIpc) is 3.01. The third-order valence-corrected chi connectivity index (χ3v) is 4.37. The molecular formula is C18H16N2O2S. The van der Waals surface area contributed by atoms with Crippen LogP contribution < -0.4 is 10.9 Å². The molecule has 2 N–H and O–H groups in total. The summed E-state index contributed by atoms with van der Waals surface area (Å²) in [6.45, 7) is 3.55. The summed E-state index contributed by atoms with van der Waals surface area (Å²) in [6.07, 6.45) is 1.85. The lowest BCUT2D eigenvalue weighted by atomic mass is 10.1. The molecule has 0 aliphatic rings. The van der Waals surface area contributed by atoms with Crippen molar-refractivity contribution in [2.45, 2.75) is 13.8 Å². The second kappa shape index (κ2) is 6.22. The molecule has 0 aliphatic heterocycles. The van der Waals surface area contributed by atoms with Crippen LogP contribution in [0.4, 0.5) is 5.69 Å². The van der Waals surface area contributed by atoms with Gasteiger partial charge in [0, 0.05) is 21.7 Å². The molecule has 1 aromatic carbocycles. The topological polar surface area (TPSA) is 62.0 Å². The minimum atomic E-state index is -0.160. The molecule has 4 nitrogen and oxygen atoms in total. The number of fused-ring (bicyclic) bond motifs is 1. The third kappa shape index (κ3) is 3.40.